The van der Waals surface area contributed by atoms with Crippen molar-refractivity contribution >= 4 is 11.9 Å². The minimum Gasteiger partial charge on any atom is -0.452 e. The van der Waals surface area contributed by atoms with Gasteiger partial charge in [0.05, 0.1) is 5.56 Å². The third-order valence-corrected chi connectivity index (χ3v) is 7.68. The summed E-state index contributed by atoms with van der Waals surface area (Å²) in [4.78, 5) is 25.6. The second-order valence-electron chi connectivity index (χ2n) is 12.6. The Labute approximate surface area is 187 Å². The van der Waals surface area contributed by atoms with Crippen LogP contribution in [-0.2, 0) is 20.4 Å². The first kappa shape index (κ1) is 22.4. The number of hydrogen-bond donors (Lipinski definition) is 1. The first-order valence-electron chi connectivity index (χ1n) is 12.0. The third kappa shape index (κ3) is 4.83. The highest BCUT2D eigenvalue weighted by Crippen LogP contribution is 2.55. The zero-order chi connectivity index (χ0) is 22.6. The normalized spacial score (nSPS) is 29.7. The van der Waals surface area contributed by atoms with Gasteiger partial charge in [-0.1, -0.05) is 47.6 Å². The summed E-state index contributed by atoms with van der Waals surface area (Å²) in [6, 6.07) is 6.00. The molecule has 4 saturated carbocycles. The Morgan fingerprint density at radius 1 is 0.871 bits per heavy atom. The highest BCUT2D eigenvalue weighted by atomic mass is 16.5. The highest BCUT2D eigenvalue weighted by molar-refractivity contribution is 5.92. The number of carbonyl (C=O) groups is 2. The van der Waals surface area contributed by atoms with Crippen molar-refractivity contribution in [2.24, 2.45) is 17.8 Å². The molecule has 0 aromatic heterocycles. The Morgan fingerprint density at radius 2 is 1.32 bits per heavy atom. The van der Waals surface area contributed by atoms with Gasteiger partial charge in [-0.3, -0.25) is 4.79 Å². The predicted octanol–water partition coefficient (Wildman–Crippen LogP) is 5.52. The van der Waals surface area contributed by atoms with Gasteiger partial charge >= 0.3 is 5.97 Å². The number of esters is 1. The molecule has 0 heterocycles. The highest BCUT2D eigenvalue weighted by Gasteiger charge is 2.51. The van der Waals surface area contributed by atoms with E-state index in [-0.39, 0.29) is 28.9 Å². The summed E-state index contributed by atoms with van der Waals surface area (Å²) in [6.07, 6.45) is 7.31. The molecule has 1 aromatic carbocycles. The van der Waals surface area contributed by atoms with E-state index >= 15 is 0 Å². The van der Waals surface area contributed by atoms with E-state index < -0.39 is 5.97 Å². The lowest BCUT2D eigenvalue weighted by atomic mass is 9.53. The average Bonchev–Trinajstić information content (AvgIpc) is 2.63. The zero-order valence-electron chi connectivity index (χ0n) is 20.1. The minimum absolute atomic E-state index is 0.0518. The maximum absolute atomic E-state index is 12.9. The van der Waals surface area contributed by atoms with Gasteiger partial charge < -0.3 is 10.1 Å². The molecule has 4 heteroatoms. The molecule has 1 amide bonds. The third-order valence-electron chi connectivity index (χ3n) is 7.68. The van der Waals surface area contributed by atoms with E-state index in [1.807, 2.05) is 12.1 Å². The number of carbonyl (C=O) groups excluding carboxylic acids is 2. The second kappa shape index (κ2) is 7.64. The number of ether oxygens (including phenoxy) is 1. The Kier molecular flexibility index (Phi) is 5.51. The lowest BCUT2D eigenvalue weighted by molar-refractivity contribution is -0.130. The predicted molar refractivity (Wildman–Crippen MR) is 123 cm³/mol. The summed E-state index contributed by atoms with van der Waals surface area (Å²) in [7, 11) is 0. The largest absolute Gasteiger partial charge is 0.452 e. The molecule has 0 aliphatic heterocycles. The quantitative estimate of drug-likeness (QED) is 0.646. The number of amides is 1. The Balaban J connectivity index is 1.42. The van der Waals surface area contributed by atoms with Crippen LogP contribution in [0.4, 0.5) is 0 Å². The topological polar surface area (TPSA) is 55.4 Å². The number of benzene rings is 1. The molecule has 1 N–H and O–H groups in total. The first-order chi connectivity index (χ1) is 14.3. The number of nitrogens with one attached hydrogen (secondary N) is 1. The molecule has 0 radical (unpaired) electrons. The van der Waals surface area contributed by atoms with E-state index in [0.717, 1.165) is 48.1 Å². The second-order valence-corrected chi connectivity index (χ2v) is 12.6. The van der Waals surface area contributed by atoms with Crippen LogP contribution in [-0.4, -0.2) is 24.0 Å². The number of hydrogen-bond acceptors (Lipinski definition) is 3. The van der Waals surface area contributed by atoms with Crippen molar-refractivity contribution in [2.75, 3.05) is 6.61 Å². The molecule has 4 bridgehead atoms. The van der Waals surface area contributed by atoms with Gasteiger partial charge in [0.1, 0.15) is 0 Å². The van der Waals surface area contributed by atoms with Gasteiger partial charge in [0, 0.05) is 5.54 Å². The van der Waals surface area contributed by atoms with Crippen LogP contribution in [0.2, 0.25) is 0 Å². The van der Waals surface area contributed by atoms with Crippen molar-refractivity contribution in [1.29, 1.82) is 0 Å². The van der Waals surface area contributed by atoms with Gasteiger partial charge in [-0.05, 0) is 90.4 Å². The van der Waals surface area contributed by atoms with Gasteiger partial charge in [0.2, 0.25) is 0 Å². The van der Waals surface area contributed by atoms with Crippen LogP contribution in [0.1, 0.15) is 102 Å². The van der Waals surface area contributed by atoms with E-state index in [4.69, 9.17) is 4.74 Å². The monoisotopic (exact) mass is 425 g/mol. The van der Waals surface area contributed by atoms with Gasteiger partial charge in [0.15, 0.2) is 6.61 Å². The maximum Gasteiger partial charge on any atom is 0.338 e. The molecule has 1 aromatic rings. The number of rotatable bonds is 4. The fourth-order valence-corrected chi connectivity index (χ4v) is 6.42. The van der Waals surface area contributed by atoms with E-state index in [9.17, 15) is 9.59 Å². The molecule has 5 rings (SSSR count). The molecule has 31 heavy (non-hydrogen) atoms. The summed E-state index contributed by atoms with van der Waals surface area (Å²) in [5.41, 5.74) is 2.53. The Morgan fingerprint density at radius 3 is 1.74 bits per heavy atom. The minimum atomic E-state index is -0.419. The van der Waals surface area contributed by atoms with Gasteiger partial charge in [0.25, 0.3) is 5.91 Å². The van der Waals surface area contributed by atoms with Crippen molar-refractivity contribution in [1.82, 2.24) is 5.32 Å². The van der Waals surface area contributed by atoms with Crippen molar-refractivity contribution in [3.63, 3.8) is 0 Å². The Hall–Kier alpha value is -1.84. The molecule has 0 saturated heterocycles. The summed E-state index contributed by atoms with van der Waals surface area (Å²) >= 11 is 0. The van der Waals surface area contributed by atoms with Crippen LogP contribution in [0.5, 0.6) is 0 Å². The zero-order valence-corrected chi connectivity index (χ0v) is 20.1. The molecule has 4 fully saturated rings. The SMILES string of the molecule is CC(C)(C)c1cc(C(=O)OCC(=O)NC23CC4CC(CC(C4)C2)C3)cc(C(C)(C)C)c1. The Bertz CT molecular complexity index is 804. The van der Waals surface area contributed by atoms with E-state index in [0.29, 0.717) is 5.56 Å². The molecular formula is C27H39NO3. The lowest BCUT2D eigenvalue weighted by Crippen LogP contribution is -2.60. The molecule has 4 aliphatic carbocycles. The molecule has 170 valence electrons. The van der Waals surface area contributed by atoms with Crippen molar-refractivity contribution in [3.05, 3.63) is 34.9 Å². The summed E-state index contributed by atoms with van der Waals surface area (Å²) in [6.45, 7) is 12.6. The van der Waals surface area contributed by atoms with Crippen molar-refractivity contribution in [3.8, 4) is 0 Å². The average molecular weight is 426 g/mol. The smallest absolute Gasteiger partial charge is 0.338 e. The van der Waals surface area contributed by atoms with Gasteiger partial charge in [-0.25, -0.2) is 4.79 Å². The van der Waals surface area contributed by atoms with Crippen LogP contribution in [0, 0.1) is 17.8 Å². The molecule has 0 atom stereocenters. The molecule has 0 spiro atoms. The van der Waals surface area contributed by atoms with Crippen LogP contribution < -0.4 is 5.32 Å². The molecular weight excluding hydrogens is 386 g/mol. The van der Waals surface area contributed by atoms with Gasteiger partial charge in [-0.15, -0.1) is 0 Å². The lowest BCUT2D eigenvalue weighted by Gasteiger charge is -2.56. The molecule has 4 nitrogen and oxygen atoms in total. The standard InChI is InChI=1S/C27H39NO3/c1-25(2,3)21-10-20(11-22(12-21)26(4,5)6)24(30)31-16-23(29)28-27-13-17-7-18(14-27)9-19(8-17)15-27/h10-12,17-19H,7-9,13-16H2,1-6H3,(H,28,29). The van der Waals surface area contributed by atoms with Crippen LogP contribution in [0.15, 0.2) is 18.2 Å². The van der Waals surface area contributed by atoms with Gasteiger partial charge in [-0.2, -0.15) is 0 Å². The fourth-order valence-electron chi connectivity index (χ4n) is 6.42. The van der Waals surface area contributed by atoms with Crippen LogP contribution in [0.3, 0.4) is 0 Å². The summed E-state index contributed by atoms with van der Waals surface area (Å²) in [5.74, 6) is 1.73. The van der Waals surface area contributed by atoms with E-state index in [2.05, 4.69) is 52.9 Å². The first-order valence-corrected chi connectivity index (χ1v) is 12.0. The van der Waals surface area contributed by atoms with E-state index in [1.165, 1.54) is 19.3 Å². The maximum atomic E-state index is 12.9. The summed E-state index contributed by atoms with van der Waals surface area (Å²) in [5, 5.41) is 3.29. The van der Waals surface area contributed by atoms with E-state index in [1.54, 1.807) is 0 Å². The van der Waals surface area contributed by atoms with Crippen LogP contribution >= 0.6 is 0 Å². The summed E-state index contributed by atoms with van der Waals surface area (Å²) < 4.78 is 5.49. The van der Waals surface area contributed by atoms with Crippen molar-refractivity contribution in [2.45, 2.75) is 96.4 Å². The van der Waals surface area contributed by atoms with Crippen LogP contribution in [0.25, 0.3) is 0 Å². The fraction of sp³-hybridized carbons (Fsp3) is 0.704. The molecule has 0 unspecified atom stereocenters. The molecule has 4 aliphatic rings. The van der Waals surface area contributed by atoms with Crippen molar-refractivity contribution < 1.29 is 14.3 Å².